The number of ether oxygens (including phenoxy) is 2. The first-order valence-corrected chi connectivity index (χ1v) is 15.9. The smallest absolute Gasteiger partial charge is 0.423 e. The van der Waals surface area contributed by atoms with Crippen LogP contribution in [0.4, 0.5) is 29.2 Å². The van der Waals surface area contributed by atoms with Crippen LogP contribution in [0.15, 0.2) is 42.6 Å². The molecule has 1 fully saturated rings. The van der Waals surface area contributed by atoms with Crippen LogP contribution in [0.1, 0.15) is 45.9 Å². The SMILES string of the molecule is COc1cc(C(=O)NC2CCN(C)CC2)c(F)cc1Nc1ncc(C(F)(F)F)c(O[C@@H]2Cc3ccccc3[C@H]2NS(C)(=O)=O)n1. The minimum Gasteiger partial charge on any atom is -0.495 e. The minimum absolute atomic E-state index is 0.0135. The van der Waals surface area contributed by atoms with Crippen molar-refractivity contribution < 1.29 is 40.2 Å². The molecule has 1 saturated heterocycles. The second-order valence-corrected chi connectivity index (χ2v) is 12.8. The molecule has 0 spiro atoms. The van der Waals surface area contributed by atoms with Crippen LogP contribution in [-0.4, -0.2) is 74.8 Å². The number of methoxy groups -OCH3 is 1. The molecule has 16 heteroatoms. The van der Waals surface area contributed by atoms with Crippen molar-refractivity contribution in [1.29, 1.82) is 0 Å². The van der Waals surface area contributed by atoms with Gasteiger partial charge >= 0.3 is 6.18 Å². The molecule has 2 aliphatic rings. The Morgan fingerprint density at radius 1 is 1.13 bits per heavy atom. The number of aromatic nitrogens is 2. The van der Waals surface area contributed by atoms with E-state index in [4.69, 9.17) is 9.47 Å². The number of fused-ring (bicyclic) bond motifs is 1. The van der Waals surface area contributed by atoms with E-state index >= 15 is 4.39 Å². The highest BCUT2D eigenvalue weighted by molar-refractivity contribution is 7.88. The van der Waals surface area contributed by atoms with E-state index in [-0.39, 0.29) is 35.4 Å². The lowest BCUT2D eigenvalue weighted by Crippen LogP contribution is -2.43. The number of alkyl halides is 3. The molecule has 2 aromatic carbocycles. The van der Waals surface area contributed by atoms with Crippen molar-refractivity contribution in [3.05, 3.63) is 70.7 Å². The highest BCUT2D eigenvalue weighted by Gasteiger charge is 2.41. The molecule has 0 unspecified atom stereocenters. The van der Waals surface area contributed by atoms with Crippen LogP contribution in [0.5, 0.6) is 11.6 Å². The number of carbonyl (C=O) groups is 1. The lowest BCUT2D eigenvalue weighted by Gasteiger charge is -2.29. The average molecular weight is 653 g/mol. The molecule has 1 aromatic heterocycles. The molecule has 3 aromatic rings. The van der Waals surface area contributed by atoms with Gasteiger partial charge in [-0.25, -0.2) is 22.5 Å². The summed E-state index contributed by atoms with van der Waals surface area (Å²) >= 11 is 0. The van der Waals surface area contributed by atoms with Crippen molar-refractivity contribution in [1.82, 2.24) is 24.9 Å². The average Bonchev–Trinajstić information content (AvgIpc) is 3.29. The maximum Gasteiger partial charge on any atom is 0.423 e. The highest BCUT2D eigenvalue weighted by atomic mass is 32.2. The van der Waals surface area contributed by atoms with Gasteiger partial charge in [0.25, 0.3) is 5.91 Å². The number of nitrogens with zero attached hydrogens (tertiary/aromatic N) is 3. The summed E-state index contributed by atoms with van der Waals surface area (Å²) in [6.07, 6.45) is -3.00. The van der Waals surface area contributed by atoms with Gasteiger partial charge in [0.05, 0.1) is 30.7 Å². The van der Waals surface area contributed by atoms with Crippen molar-refractivity contribution in [2.45, 2.75) is 43.6 Å². The lowest BCUT2D eigenvalue weighted by atomic mass is 10.0. The summed E-state index contributed by atoms with van der Waals surface area (Å²) in [6, 6.07) is 7.85. The second-order valence-electron chi connectivity index (χ2n) is 11.0. The molecule has 242 valence electrons. The number of halogens is 4. The first-order valence-electron chi connectivity index (χ1n) is 14.0. The number of hydrogen-bond donors (Lipinski definition) is 3. The van der Waals surface area contributed by atoms with Crippen LogP contribution in [0.25, 0.3) is 0 Å². The van der Waals surface area contributed by atoms with Crippen molar-refractivity contribution >= 4 is 27.6 Å². The Balaban J connectivity index is 1.41. The number of piperidine rings is 1. The highest BCUT2D eigenvalue weighted by Crippen LogP contribution is 2.40. The molecule has 0 radical (unpaired) electrons. The summed E-state index contributed by atoms with van der Waals surface area (Å²) in [7, 11) is -0.512. The standard InChI is InChI=1S/C29H32F4N6O5S/c1-39-10-8-17(9-11-39)35-26(40)19-13-23(43-2)22(14-21(19)30)36-28-34-15-20(29(31,32)33)27(37-28)44-24-12-16-6-4-5-7-18(16)25(24)38-45(3,41)42/h4-7,13-15,17,24-25,38H,8-12H2,1-3H3,(H,35,40)(H,34,36,37)/t24-,25-/m1/s1. The van der Waals surface area contributed by atoms with Crippen LogP contribution in [0.3, 0.4) is 0 Å². The zero-order valence-electron chi connectivity index (χ0n) is 24.6. The molecule has 2 atom stereocenters. The first-order chi connectivity index (χ1) is 21.2. The van der Waals surface area contributed by atoms with Crippen LogP contribution in [0, 0.1) is 5.82 Å². The third-order valence-corrected chi connectivity index (χ3v) is 8.36. The molecule has 3 N–H and O–H groups in total. The van der Waals surface area contributed by atoms with Gasteiger partial charge in [0, 0.05) is 24.7 Å². The monoisotopic (exact) mass is 652 g/mol. The number of rotatable bonds is 9. The molecule has 11 nitrogen and oxygen atoms in total. The van der Waals surface area contributed by atoms with Crippen LogP contribution < -0.4 is 24.8 Å². The van der Waals surface area contributed by atoms with Crippen molar-refractivity contribution in [3.63, 3.8) is 0 Å². The Bertz CT molecular complexity index is 1680. The van der Waals surface area contributed by atoms with E-state index < -0.39 is 51.5 Å². The van der Waals surface area contributed by atoms with Gasteiger partial charge in [-0.3, -0.25) is 4.79 Å². The number of carbonyl (C=O) groups excluding carboxylic acids is 1. The van der Waals surface area contributed by atoms with Gasteiger partial charge in [0.15, 0.2) is 0 Å². The lowest BCUT2D eigenvalue weighted by molar-refractivity contribution is -0.140. The van der Waals surface area contributed by atoms with Crippen molar-refractivity contribution in [2.75, 3.05) is 38.8 Å². The fourth-order valence-electron chi connectivity index (χ4n) is 5.42. The number of amides is 1. The maximum atomic E-state index is 15.2. The van der Waals surface area contributed by atoms with E-state index in [0.717, 1.165) is 25.4 Å². The van der Waals surface area contributed by atoms with Gasteiger partial charge in [0.1, 0.15) is 23.2 Å². The number of nitrogens with one attached hydrogen (secondary N) is 3. The van der Waals surface area contributed by atoms with Gasteiger partial charge in [0.2, 0.25) is 21.9 Å². The molecule has 5 rings (SSSR count). The van der Waals surface area contributed by atoms with Crippen LogP contribution in [-0.2, 0) is 22.6 Å². The molecule has 45 heavy (non-hydrogen) atoms. The zero-order chi connectivity index (χ0) is 32.5. The Morgan fingerprint density at radius 2 is 1.84 bits per heavy atom. The van der Waals surface area contributed by atoms with E-state index in [1.807, 2.05) is 7.05 Å². The Labute approximate surface area is 257 Å². The summed E-state index contributed by atoms with van der Waals surface area (Å²) in [5.41, 5.74) is -0.347. The Kier molecular flexibility index (Phi) is 9.19. The van der Waals surface area contributed by atoms with Gasteiger partial charge in [-0.2, -0.15) is 18.2 Å². The summed E-state index contributed by atoms with van der Waals surface area (Å²) in [6.45, 7) is 1.59. The summed E-state index contributed by atoms with van der Waals surface area (Å²) in [5, 5.41) is 5.48. The topological polar surface area (TPSA) is 135 Å². The Morgan fingerprint density at radius 3 is 2.51 bits per heavy atom. The molecule has 2 heterocycles. The van der Waals surface area contributed by atoms with E-state index in [2.05, 4.69) is 30.2 Å². The normalized spacial score (nSPS) is 19.2. The molecule has 1 amide bonds. The van der Waals surface area contributed by atoms with Gasteiger partial charge in [-0.05, 0) is 50.2 Å². The van der Waals surface area contributed by atoms with Crippen LogP contribution in [0.2, 0.25) is 0 Å². The predicted octanol–water partition coefficient (Wildman–Crippen LogP) is 3.80. The first kappa shape index (κ1) is 32.4. The summed E-state index contributed by atoms with van der Waals surface area (Å²) in [5.74, 6) is -2.75. The molecule has 0 saturated carbocycles. The number of likely N-dealkylation sites (tertiary alicyclic amines) is 1. The molecular weight excluding hydrogens is 620 g/mol. The maximum absolute atomic E-state index is 15.2. The molecule has 1 aliphatic carbocycles. The van der Waals surface area contributed by atoms with Crippen LogP contribution >= 0.6 is 0 Å². The van der Waals surface area contributed by atoms with Crippen molar-refractivity contribution in [2.24, 2.45) is 0 Å². The van der Waals surface area contributed by atoms with Crippen molar-refractivity contribution in [3.8, 4) is 11.6 Å². The van der Waals surface area contributed by atoms with Gasteiger partial charge in [-0.1, -0.05) is 24.3 Å². The van der Waals surface area contributed by atoms with Gasteiger partial charge < -0.3 is 25.0 Å². The summed E-state index contributed by atoms with van der Waals surface area (Å²) < 4.78 is 94.9. The van der Waals surface area contributed by atoms with E-state index in [0.29, 0.717) is 30.2 Å². The van der Waals surface area contributed by atoms with E-state index in [1.54, 1.807) is 24.3 Å². The second kappa shape index (κ2) is 12.8. The minimum atomic E-state index is -4.91. The Hall–Kier alpha value is -4.02. The largest absolute Gasteiger partial charge is 0.495 e. The molecule has 0 bridgehead atoms. The molecular formula is C29H32F4N6O5S. The predicted molar refractivity (Wildman–Crippen MR) is 157 cm³/mol. The number of benzene rings is 2. The number of anilines is 2. The van der Waals surface area contributed by atoms with E-state index in [9.17, 15) is 26.4 Å². The fourth-order valence-corrected chi connectivity index (χ4v) is 6.16. The van der Waals surface area contributed by atoms with Gasteiger partial charge in [-0.15, -0.1) is 0 Å². The number of hydrogen-bond acceptors (Lipinski definition) is 9. The summed E-state index contributed by atoms with van der Waals surface area (Å²) in [4.78, 5) is 22.7. The number of sulfonamides is 1. The fraction of sp³-hybridized carbons (Fsp3) is 0.414. The quantitative estimate of drug-likeness (QED) is 0.295. The van der Waals surface area contributed by atoms with E-state index in [1.165, 1.54) is 13.2 Å². The third kappa shape index (κ3) is 7.62. The molecule has 1 aliphatic heterocycles. The zero-order valence-corrected chi connectivity index (χ0v) is 25.4. The third-order valence-electron chi connectivity index (χ3n) is 7.68.